The van der Waals surface area contributed by atoms with Gasteiger partial charge in [-0.15, -0.1) is 0 Å². The number of amides is 2. The molecular formula is C17H26N2O4. The number of hydrogen-bond donors (Lipinski definition) is 2. The lowest BCUT2D eigenvalue weighted by atomic mass is 10.2. The second kappa shape index (κ2) is 9.02. The highest BCUT2D eigenvalue weighted by Crippen LogP contribution is 2.12. The summed E-state index contributed by atoms with van der Waals surface area (Å²) < 4.78 is 10.6. The number of benzene rings is 1. The molecule has 0 aromatic heterocycles. The van der Waals surface area contributed by atoms with Crippen LogP contribution in [0.1, 0.15) is 44.5 Å². The van der Waals surface area contributed by atoms with E-state index >= 15 is 0 Å². The van der Waals surface area contributed by atoms with Gasteiger partial charge in [0.05, 0.1) is 6.61 Å². The molecule has 0 atom stereocenters. The first-order valence-electron chi connectivity index (χ1n) is 7.79. The quantitative estimate of drug-likeness (QED) is 0.757. The van der Waals surface area contributed by atoms with Crippen molar-refractivity contribution in [2.24, 2.45) is 0 Å². The first-order chi connectivity index (χ1) is 10.8. The normalized spacial score (nSPS) is 10.8. The van der Waals surface area contributed by atoms with E-state index in [4.69, 9.17) is 9.47 Å². The van der Waals surface area contributed by atoms with E-state index in [0.717, 1.165) is 12.2 Å². The lowest BCUT2D eigenvalue weighted by molar-refractivity contribution is 0.0526. The fraction of sp³-hybridized carbons (Fsp3) is 0.529. The van der Waals surface area contributed by atoms with Gasteiger partial charge in [0.1, 0.15) is 11.4 Å². The Balaban J connectivity index is 2.30. The molecule has 2 amide bonds. The van der Waals surface area contributed by atoms with Crippen LogP contribution in [0, 0.1) is 0 Å². The molecule has 2 N–H and O–H groups in total. The summed E-state index contributed by atoms with van der Waals surface area (Å²) in [5.41, 5.74) is 0.0145. The molecule has 0 bridgehead atoms. The number of rotatable bonds is 7. The highest BCUT2D eigenvalue weighted by Gasteiger charge is 2.15. The molecule has 0 saturated carbocycles. The zero-order valence-corrected chi connectivity index (χ0v) is 14.3. The Labute approximate surface area is 137 Å². The van der Waals surface area contributed by atoms with Crippen molar-refractivity contribution in [3.05, 3.63) is 29.8 Å². The van der Waals surface area contributed by atoms with Gasteiger partial charge in [-0.25, -0.2) is 4.79 Å². The predicted octanol–water partition coefficient (Wildman–Crippen LogP) is 2.73. The number of carbonyl (C=O) groups excluding carboxylic acids is 2. The van der Waals surface area contributed by atoms with Crippen molar-refractivity contribution in [3.63, 3.8) is 0 Å². The van der Waals surface area contributed by atoms with Gasteiger partial charge >= 0.3 is 6.09 Å². The van der Waals surface area contributed by atoms with Gasteiger partial charge in [0, 0.05) is 18.7 Å². The summed E-state index contributed by atoms with van der Waals surface area (Å²) >= 11 is 0. The molecule has 0 spiro atoms. The smallest absolute Gasteiger partial charge is 0.407 e. The molecule has 0 aliphatic carbocycles. The molecule has 1 aromatic carbocycles. The van der Waals surface area contributed by atoms with E-state index in [0.29, 0.717) is 25.3 Å². The van der Waals surface area contributed by atoms with E-state index in [1.165, 1.54) is 0 Å². The molecule has 1 aromatic rings. The van der Waals surface area contributed by atoms with Crippen LogP contribution in [0.4, 0.5) is 4.79 Å². The van der Waals surface area contributed by atoms with Crippen molar-refractivity contribution in [1.82, 2.24) is 10.6 Å². The van der Waals surface area contributed by atoms with Gasteiger partial charge in [0.25, 0.3) is 5.91 Å². The van der Waals surface area contributed by atoms with Crippen LogP contribution in [0.2, 0.25) is 0 Å². The zero-order valence-electron chi connectivity index (χ0n) is 14.3. The molecule has 0 fully saturated rings. The first kappa shape index (κ1) is 18.8. The van der Waals surface area contributed by atoms with Crippen LogP contribution in [0.15, 0.2) is 24.3 Å². The van der Waals surface area contributed by atoms with Crippen LogP contribution in [-0.2, 0) is 4.74 Å². The lowest BCUT2D eigenvalue weighted by Crippen LogP contribution is -2.37. The fourth-order valence-electron chi connectivity index (χ4n) is 1.68. The fourth-order valence-corrected chi connectivity index (χ4v) is 1.68. The molecule has 0 radical (unpaired) electrons. The largest absolute Gasteiger partial charge is 0.494 e. The Hall–Kier alpha value is -2.24. The topological polar surface area (TPSA) is 76.7 Å². The summed E-state index contributed by atoms with van der Waals surface area (Å²) in [4.78, 5) is 23.4. The van der Waals surface area contributed by atoms with Crippen LogP contribution in [-0.4, -0.2) is 37.3 Å². The highest BCUT2D eigenvalue weighted by atomic mass is 16.6. The van der Waals surface area contributed by atoms with Gasteiger partial charge in [-0.05, 0) is 51.5 Å². The van der Waals surface area contributed by atoms with Gasteiger partial charge in [-0.2, -0.15) is 0 Å². The van der Waals surface area contributed by atoms with Gasteiger partial charge in [-0.3, -0.25) is 4.79 Å². The lowest BCUT2D eigenvalue weighted by Gasteiger charge is -2.19. The van der Waals surface area contributed by atoms with Gasteiger partial charge in [-0.1, -0.05) is 6.92 Å². The number of hydrogen-bond acceptors (Lipinski definition) is 4. The average molecular weight is 322 g/mol. The number of alkyl carbamates (subject to hydrolysis) is 1. The Morgan fingerprint density at radius 3 is 2.22 bits per heavy atom. The maximum Gasteiger partial charge on any atom is 0.407 e. The van der Waals surface area contributed by atoms with E-state index in [1.807, 2.05) is 6.92 Å². The van der Waals surface area contributed by atoms with Crippen LogP contribution in [0.3, 0.4) is 0 Å². The molecule has 128 valence electrons. The van der Waals surface area contributed by atoms with Crippen molar-refractivity contribution >= 4 is 12.0 Å². The summed E-state index contributed by atoms with van der Waals surface area (Å²) in [5.74, 6) is 0.549. The standard InChI is InChI=1S/C17H26N2O4/c1-5-12-22-14-8-6-13(7-9-14)15(20)18-10-11-19-16(21)23-17(2,3)4/h6-9H,5,10-12H2,1-4H3,(H,18,20)(H,19,21). The van der Waals surface area contributed by atoms with E-state index in [2.05, 4.69) is 10.6 Å². The molecule has 0 aliphatic rings. The third kappa shape index (κ3) is 8.09. The minimum absolute atomic E-state index is 0.196. The van der Waals surface area contributed by atoms with E-state index in [-0.39, 0.29) is 5.91 Å². The average Bonchev–Trinajstić information content (AvgIpc) is 2.48. The second-order valence-electron chi connectivity index (χ2n) is 6.06. The SMILES string of the molecule is CCCOc1ccc(C(=O)NCCNC(=O)OC(C)(C)C)cc1. The van der Waals surface area contributed by atoms with Crippen molar-refractivity contribution in [3.8, 4) is 5.75 Å². The summed E-state index contributed by atoms with van der Waals surface area (Å²) in [6.07, 6.45) is 0.441. The molecule has 23 heavy (non-hydrogen) atoms. The second-order valence-corrected chi connectivity index (χ2v) is 6.06. The number of carbonyl (C=O) groups is 2. The zero-order chi connectivity index (χ0) is 17.3. The van der Waals surface area contributed by atoms with E-state index in [9.17, 15) is 9.59 Å². The minimum atomic E-state index is -0.533. The van der Waals surface area contributed by atoms with Crippen LogP contribution < -0.4 is 15.4 Å². The van der Waals surface area contributed by atoms with Crippen molar-refractivity contribution in [2.75, 3.05) is 19.7 Å². The highest BCUT2D eigenvalue weighted by molar-refractivity contribution is 5.94. The van der Waals surface area contributed by atoms with Crippen LogP contribution in [0.5, 0.6) is 5.75 Å². The monoisotopic (exact) mass is 322 g/mol. The van der Waals surface area contributed by atoms with E-state index < -0.39 is 11.7 Å². The van der Waals surface area contributed by atoms with Crippen molar-refractivity contribution < 1.29 is 19.1 Å². The summed E-state index contributed by atoms with van der Waals surface area (Å²) in [5, 5.41) is 5.31. The molecule has 1 rings (SSSR count). The van der Waals surface area contributed by atoms with Crippen molar-refractivity contribution in [1.29, 1.82) is 0 Å². The summed E-state index contributed by atoms with van der Waals surface area (Å²) in [7, 11) is 0. The number of nitrogens with one attached hydrogen (secondary N) is 2. The number of ether oxygens (including phenoxy) is 2. The predicted molar refractivity (Wildman–Crippen MR) is 88.8 cm³/mol. The molecule has 0 aliphatic heterocycles. The summed E-state index contributed by atoms with van der Waals surface area (Å²) in [6, 6.07) is 6.95. The third-order valence-electron chi connectivity index (χ3n) is 2.67. The van der Waals surface area contributed by atoms with Crippen LogP contribution in [0.25, 0.3) is 0 Å². The Bertz CT molecular complexity index is 506. The third-order valence-corrected chi connectivity index (χ3v) is 2.67. The molecule has 6 nitrogen and oxygen atoms in total. The van der Waals surface area contributed by atoms with E-state index in [1.54, 1.807) is 45.0 Å². The molecule has 0 saturated heterocycles. The molecule has 6 heteroatoms. The minimum Gasteiger partial charge on any atom is -0.494 e. The van der Waals surface area contributed by atoms with Gasteiger partial charge < -0.3 is 20.1 Å². The molecule has 0 unspecified atom stereocenters. The van der Waals surface area contributed by atoms with Crippen molar-refractivity contribution in [2.45, 2.75) is 39.7 Å². The van der Waals surface area contributed by atoms with Gasteiger partial charge in [0.15, 0.2) is 0 Å². The Morgan fingerprint density at radius 2 is 1.65 bits per heavy atom. The maximum absolute atomic E-state index is 11.9. The first-order valence-corrected chi connectivity index (χ1v) is 7.79. The van der Waals surface area contributed by atoms with Crippen LogP contribution >= 0.6 is 0 Å². The molecular weight excluding hydrogens is 296 g/mol. The molecule has 0 heterocycles. The Kier molecular flexibility index (Phi) is 7.38. The Morgan fingerprint density at radius 1 is 1.04 bits per heavy atom. The maximum atomic E-state index is 11.9. The summed E-state index contributed by atoms with van der Waals surface area (Å²) in [6.45, 7) is 8.70. The van der Waals surface area contributed by atoms with Gasteiger partial charge in [0.2, 0.25) is 0 Å².